The average Bonchev–Trinajstić information content (AvgIpc) is 3.01. The quantitative estimate of drug-likeness (QED) is 0.946. The summed E-state index contributed by atoms with van der Waals surface area (Å²) in [7, 11) is 0. The van der Waals surface area contributed by atoms with Crippen LogP contribution in [0.25, 0.3) is 0 Å². The minimum atomic E-state index is -0.0144. The number of rotatable bonds is 3. The number of carbonyl (C=O) groups is 1. The molecule has 1 aromatic carbocycles. The van der Waals surface area contributed by atoms with E-state index in [2.05, 4.69) is 28.7 Å². The van der Waals surface area contributed by atoms with Crippen molar-refractivity contribution in [3.63, 3.8) is 0 Å². The van der Waals surface area contributed by atoms with Crippen LogP contribution in [0.4, 0.5) is 10.5 Å². The maximum Gasteiger partial charge on any atom is 0.322 e. The monoisotopic (exact) mass is 301 g/mol. The fraction of sp³-hybridized carbons (Fsp3) is 0.375. The number of nitrogens with one attached hydrogen (secondary N) is 1. The highest BCUT2D eigenvalue weighted by atomic mass is 32.1. The van der Waals surface area contributed by atoms with Crippen LogP contribution < -0.4 is 10.2 Å². The van der Waals surface area contributed by atoms with Crippen LogP contribution in [-0.2, 0) is 12.8 Å². The third-order valence-electron chi connectivity index (χ3n) is 3.75. The summed E-state index contributed by atoms with van der Waals surface area (Å²) in [5.41, 5.74) is 3.33. The van der Waals surface area contributed by atoms with Gasteiger partial charge < -0.3 is 5.32 Å². The molecule has 0 unspecified atom stereocenters. The zero-order chi connectivity index (χ0) is 14.8. The van der Waals surface area contributed by atoms with Gasteiger partial charge in [-0.15, -0.1) is 11.3 Å². The highest BCUT2D eigenvalue weighted by molar-refractivity contribution is 7.09. The summed E-state index contributed by atoms with van der Waals surface area (Å²) < 4.78 is 0. The molecule has 0 fully saturated rings. The van der Waals surface area contributed by atoms with Crippen molar-refractivity contribution in [3.05, 3.63) is 45.9 Å². The first kappa shape index (κ1) is 14.1. The number of nitrogens with zero attached hydrogens (tertiary/aromatic N) is 2. The van der Waals surface area contributed by atoms with Gasteiger partial charge in [-0.25, -0.2) is 9.78 Å². The number of para-hydroxylation sites is 1. The lowest BCUT2D eigenvalue weighted by molar-refractivity contribution is 0.245. The summed E-state index contributed by atoms with van der Waals surface area (Å²) in [6, 6.07) is 8.31. The number of benzene rings is 1. The fourth-order valence-corrected chi connectivity index (χ4v) is 3.43. The molecule has 0 saturated carbocycles. The Balaban J connectivity index is 1.60. The van der Waals surface area contributed by atoms with Gasteiger partial charge in [-0.1, -0.05) is 18.2 Å². The van der Waals surface area contributed by atoms with Gasteiger partial charge in [0.05, 0.1) is 10.7 Å². The van der Waals surface area contributed by atoms with E-state index in [-0.39, 0.29) is 12.1 Å². The zero-order valence-electron chi connectivity index (χ0n) is 12.3. The summed E-state index contributed by atoms with van der Waals surface area (Å²) in [4.78, 5) is 18.7. The van der Waals surface area contributed by atoms with Gasteiger partial charge in [-0.05, 0) is 31.9 Å². The molecule has 1 aliphatic rings. The van der Waals surface area contributed by atoms with Crippen molar-refractivity contribution in [2.75, 3.05) is 11.4 Å². The lowest BCUT2D eigenvalue weighted by Crippen LogP contribution is -2.43. The summed E-state index contributed by atoms with van der Waals surface area (Å²) in [5, 5.41) is 6.12. The van der Waals surface area contributed by atoms with Crippen molar-refractivity contribution >= 4 is 23.1 Å². The standard InChI is InChI=1S/C16H19N3OS/c1-11-9-13-5-3-4-6-15(13)19(11)16(20)17-8-7-14-10-21-12(2)18-14/h3-6,10-11H,7-9H2,1-2H3,(H,17,20)/t11-/m1/s1. The predicted molar refractivity (Wildman–Crippen MR) is 86.0 cm³/mol. The van der Waals surface area contributed by atoms with E-state index in [4.69, 9.17) is 0 Å². The van der Waals surface area contributed by atoms with E-state index in [0.29, 0.717) is 6.54 Å². The van der Waals surface area contributed by atoms with Crippen LogP contribution in [0.1, 0.15) is 23.2 Å². The first-order chi connectivity index (χ1) is 10.1. The van der Waals surface area contributed by atoms with Gasteiger partial charge in [0.25, 0.3) is 0 Å². The van der Waals surface area contributed by atoms with Crippen LogP contribution in [-0.4, -0.2) is 23.6 Å². The minimum absolute atomic E-state index is 0.0144. The molecule has 2 aromatic rings. The SMILES string of the molecule is Cc1nc(CCNC(=O)N2c3ccccc3C[C@H]2C)cs1. The number of urea groups is 1. The Morgan fingerprint density at radius 1 is 1.48 bits per heavy atom. The molecule has 0 radical (unpaired) electrons. The molecular formula is C16H19N3OS. The first-order valence-electron chi connectivity index (χ1n) is 7.21. The van der Waals surface area contributed by atoms with Gasteiger partial charge in [-0.2, -0.15) is 0 Å². The topological polar surface area (TPSA) is 45.2 Å². The molecule has 2 amide bonds. The number of amides is 2. The molecule has 5 heteroatoms. The van der Waals surface area contributed by atoms with Gasteiger partial charge >= 0.3 is 6.03 Å². The van der Waals surface area contributed by atoms with Crippen molar-refractivity contribution in [1.29, 1.82) is 0 Å². The highest BCUT2D eigenvalue weighted by Gasteiger charge is 2.30. The molecule has 21 heavy (non-hydrogen) atoms. The molecule has 2 heterocycles. The van der Waals surface area contributed by atoms with Crippen molar-refractivity contribution in [2.24, 2.45) is 0 Å². The summed E-state index contributed by atoms with van der Waals surface area (Å²) in [6.07, 6.45) is 1.70. The summed E-state index contributed by atoms with van der Waals surface area (Å²) >= 11 is 1.65. The number of aryl methyl sites for hydroxylation is 1. The van der Waals surface area contributed by atoms with Crippen LogP contribution in [0.2, 0.25) is 0 Å². The maximum atomic E-state index is 12.4. The number of hydrogen-bond donors (Lipinski definition) is 1. The van der Waals surface area contributed by atoms with Gasteiger partial charge in [-0.3, -0.25) is 4.90 Å². The largest absolute Gasteiger partial charge is 0.337 e. The third kappa shape index (κ3) is 2.93. The second kappa shape index (κ2) is 5.85. The Bertz CT molecular complexity index is 652. The Morgan fingerprint density at radius 2 is 2.29 bits per heavy atom. The maximum absolute atomic E-state index is 12.4. The fourth-order valence-electron chi connectivity index (χ4n) is 2.78. The van der Waals surface area contributed by atoms with Crippen molar-refractivity contribution in [1.82, 2.24) is 10.3 Å². The lowest BCUT2D eigenvalue weighted by Gasteiger charge is -2.23. The van der Waals surface area contributed by atoms with Crippen molar-refractivity contribution in [3.8, 4) is 0 Å². The molecule has 4 nitrogen and oxygen atoms in total. The smallest absolute Gasteiger partial charge is 0.322 e. The van der Waals surface area contributed by atoms with Crippen LogP contribution in [0.15, 0.2) is 29.6 Å². The Labute approximate surface area is 128 Å². The Kier molecular flexibility index (Phi) is 3.92. The van der Waals surface area contributed by atoms with E-state index in [1.54, 1.807) is 11.3 Å². The van der Waals surface area contributed by atoms with Crippen LogP contribution in [0.5, 0.6) is 0 Å². The normalized spacial score (nSPS) is 16.9. The summed E-state index contributed by atoms with van der Waals surface area (Å²) in [5.74, 6) is 0. The second-order valence-corrected chi connectivity index (χ2v) is 6.45. The molecule has 3 rings (SSSR count). The molecule has 1 aliphatic heterocycles. The zero-order valence-corrected chi connectivity index (χ0v) is 13.1. The van der Waals surface area contributed by atoms with Gasteiger partial charge in [0, 0.05) is 30.1 Å². The lowest BCUT2D eigenvalue weighted by atomic mass is 10.1. The van der Waals surface area contributed by atoms with Crippen LogP contribution in [0, 0.1) is 6.92 Å². The molecule has 1 atom stereocenters. The second-order valence-electron chi connectivity index (χ2n) is 5.39. The van der Waals surface area contributed by atoms with Crippen molar-refractivity contribution in [2.45, 2.75) is 32.7 Å². The van der Waals surface area contributed by atoms with Gasteiger partial charge in [0.1, 0.15) is 0 Å². The molecule has 0 saturated heterocycles. The molecular weight excluding hydrogens is 282 g/mol. The Hall–Kier alpha value is -1.88. The van der Waals surface area contributed by atoms with Crippen molar-refractivity contribution < 1.29 is 4.79 Å². The number of anilines is 1. The number of aromatic nitrogens is 1. The first-order valence-corrected chi connectivity index (χ1v) is 8.09. The van der Waals surface area contributed by atoms with E-state index >= 15 is 0 Å². The van der Waals surface area contributed by atoms with Crippen LogP contribution >= 0.6 is 11.3 Å². The van der Waals surface area contributed by atoms with E-state index in [1.807, 2.05) is 30.0 Å². The molecule has 0 bridgehead atoms. The predicted octanol–water partition coefficient (Wildman–Crippen LogP) is 3.15. The van der Waals surface area contributed by atoms with E-state index < -0.39 is 0 Å². The average molecular weight is 301 g/mol. The minimum Gasteiger partial charge on any atom is -0.337 e. The van der Waals surface area contributed by atoms with E-state index in [9.17, 15) is 4.79 Å². The number of thiazole rings is 1. The number of fused-ring (bicyclic) bond motifs is 1. The molecule has 0 spiro atoms. The molecule has 0 aliphatic carbocycles. The van der Waals surface area contributed by atoms with Crippen LogP contribution in [0.3, 0.4) is 0 Å². The number of carbonyl (C=O) groups excluding carboxylic acids is 1. The van der Waals surface area contributed by atoms with Gasteiger partial charge in [0.2, 0.25) is 0 Å². The number of hydrogen-bond acceptors (Lipinski definition) is 3. The molecule has 1 N–H and O–H groups in total. The molecule has 1 aromatic heterocycles. The van der Waals surface area contributed by atoms with Gasteiger partial charge in [0.15, 0.2) is 0 Å². The molecule has 110 valence electrons. The van der Waals surface area contributed by atoms with E-state index in [0.717, 1.165) is 29.2 Å². The highest BCUT2D eigenvalue weighted by Crippen LogP contribution is 2.31. The summed E-state index contributed by atoms with van der Waals surface area (Å²) in [6.45, 7) is 4.70. The third-order valence-corrected chi connectivity index (χ3v) is 4.57. The Morgan fingerprint density at radius 3 is 3.05 bits per heavy atom. The van der Waals surface area contributed by atoms with E-state index in [1.165, 1.54) is 5.56 Å².